The average Bonchev–Trinajstić information content (AvgIpc) is 2.61. The Labute approximate surface area is 153 Å². The molecule has 4 nitrogen and oxygen atoms in total. The summed E-state index contributed by atoms with van der Waals surface area (Å²) in [5, 5.41) is 0.291. The van der Waals surface area contributed by atoms with Gasteiger partial charge in [0.05, 0.1) is 10.6 Å². The molecular weight excluding hydrogens is 394 g/mol. The molecule has 1 aliphatic heterocycles. The topological polar surface area (TPSA) is 46.6 Å². The quantitative estimate of drug-likeness (QED) is 0.714. The second-order valence-corrected chi connectivity index (χ2v) is 6.80. The van der Waals surface area contributed by atoms with Crippen LogP contribution in [0.3, 0.4) is 0 Å². The van der Waals surface area contributed by atoms with Crippen LogP contribution in [0.25, 0.3) is 0 Å². The van der Waals surface area contributed by atoms with E-state index in [0.29, 0.717) is 11.6 Å². The third kappa shape index (κ3) is 3.62. The standard InChI is InChI=1S/C18H15BrClNO3/c19-13-7-8-15(20)14(10-13)18(23)24-11-17(22)21-9-3-5-12-4-1-2-6-16(12)21/h1-2,4,6-8,10H,3,5,9,11H2. The molecule has 2 aromatic rings. The Kier molecular flexibility index (Phi) is 5.21. The van der Waals surface area contributed by atoms with E-state index < -0.39 is 5.97 Å². The number of amides is 1. The lowest BCUT2D eigenvalue weighted by atomic mass is 10.0. The summed E-state index contributed by atoms with van der Waals surface area (Å²) in [4.78, 5) is 26.3. The first-order valence-electron chi connectivity index (χ1n) is 7.56. The normalized spacial score (nSPS) is 13.3. The van der Waals surface area contributed by atoms with Crippen molar-refractivity contribution in [2.24, 2.45) is 0 Å². The zero-order valence-corrected chi connectivity index (χ0v) is 15.1. The third-order valence-electron chi connectivity index (χ3n) is 3.89. The highest BCUT2D eigenvalue weighted by Gasteiger charge is 2.23. The fraction of sp³-hybridized carbons (Fsp3) is 0.222. The van der Waals surface area contributed by atoms with Gasteiger partial charge >= 0.3 is 5.97 Å². The van der Waals surface area contributed by atoms with Crippen LogP contribution >= 0.6 is 27.5 Å². The summed E-state index contributed by atoms with van der Waals surface area (Å²) in [6, 6.07) is 12.7. The minimum Gasteiger partial charge on any atom is -0.452 e. The number of esters is 1. The molecule has 0 saturated heterocycles. The Hall–Kier alpha value is -1.85. The lowest BCUT2D eigenvalue weighted by Gasteiger charge is -2.29. The molecule has 24 heavy (non-hydrogen) atoms. The van der Waals surface area contributed by atoms with Gasteiger partial charge < -0.3 is 9.64 Å². The van der Waals surface area contributed by atoms with Gasteiger partial charge in [-0.15, -0.1) is 0 Å². The Morgan fingerprint density at radius 1 is 1.21 bits per heavy atom. The number of ether oxygens (including phenoxy) is 1. The zero-order valence-electron chi connectivity index (χ0n) is 12.8. The first-order valence-corrected chi connectivity index (χ1v) is 8.74. The van der Waals surface area contributed by atoms with E-state index >= 15 is 0 Å². The van der Waals surface area contributed by atoms with Crippen LogP contribution in [0.5, 0.6) is 0 Å². The number of rotatable bonds is 3. The van der Waals surface area contributed by atoms with Crippen molar-refractivity contribution in [1.29, 1.82) is 0 Å². The molecule has 0 aromatic heterocycles. The maximum absolute atomic E-state index is 12.5. The summed E-state index contributed by atoms with van der Waals surface area (Å²) in [6.45, 7) is 0.320. The Morgan fingerprint density at radius 2 is 2.00 bits per heavy atom. The number of nitrogens with zero attached hydrogens (tertiary/aromatic N) is 1. The summed E-state index contributed by atoms with van der Waals surface area (Å²) in [7, 11) is 0. The van der Waals surface area contributed by atoms with Gasteiger partial charge in [0, 0.05) is 16.7 Å². The minimum atomic E-state index is -0.611. The zero-order chi connectivity index (χ0) is 17.1. The van der Waals surface area contributed by atoms with Gasteiger partial charge in [0.2, 0.25) is 0 Å². The maximum Gasteiger partial charge on any atom is 0.340 e. The number of aryl methyl sites for hydroxylation is 1. The van der Waals surface area contributed by atoms with Gasteiger partial charge in [-0.2, -0.15) is 0 Å². The van der Waals surface area contributed by atoms with Gasteiger partial charge in [0.1, 0.15) is 0 Å². The van der Waals surface area contributed by atoms with E-state index in [-0.39, 0.29) is 18.1 Å². The van der Waals surface area contributed by atoms with E-state index in [1.165, 1.54) is 0 Å². The summed E-state index contributed by atoms with van der Waals surface area (Å²) in [6.07, 6.45) is 1.85. The highest BCUT2D eigenvalue weighted by atomic mass is 79.9. The summed E-state index contributed by atoms with van der Waals surface area (Å²) in [5.41, 5.74) is 2.27. The van der Waals surface area contributed by atoms with Crippen molar-refractivity contribution in [2.75, 3.05) is 18.1 Å². The molecule has 124 valence electrons. The predicted octanol–water partition coefficient (Wildman–Crippen LogP) is 4.24. The fourth-order valence-electron chi connectivity index (χ4n) is 2.73. The molecule has 0 N–H and O–H groups in total. The van der Waals surface area contributed by atoms with Gasteiger partial charge in [0.15, 0.2) is 6.61 Å². The molecule has 0 radical (unpaired) electrons. The van der Waals surface area contributed by atoms with E-state index in [2.05, 4.69) is 15.9 Å². The van der Waals surface area contributed by atoms with Gasteiger partial charge in [-0.25, -0.2) is 4.79 Å². The second kappa shape index (κ2) is 7.36. The van der Waals surface area contributed by atoms with Crippen LogP contribution in [0.4, 0.5) is 5.69 Å². The van der Waals surface area contributed by atoms with Crippen LogP contribution in [-0.2, 0) is 16.0 Å². The van der Waals surface area contributed by atoms with Crippen LogP contribution in [0.1, 0.15) is 22.3 Å². The SMILES string of the molecule is O=C(OCC(=O)N1CCCc2ccccc21)c1cc(Br)ccc1Cl. The first-order chi connectivity index (χ1) is 11.6. The van der Waals surface area contributed by atoms with Gasteiger partial charge in [0.25, 0.3) is 5.91 Å². The molecule has 0 unspecified atom stereocenters. The molecule has 0 spiro atoms. The van der Waals surface area contributed by atoms with Crippen molar-refractivity contribution in [3.8, 4) is 0 Å². The maximum atomic E-state index is 12.5. The summed E-state index contributed by atoms with van der Waals surface area (Å²) in [5.74, 6) is -0.846. The Bertz CT molecular complexity index is 794. The molecule has 0 fully saturated rings. The highest BCUT2D eigenvalue weighted by Crippen LogP contribution is 2.27. The van der Waals surface area contributed by atoms with Gasteiger partial charge in [-0.05, 0) is 42.7 Å². The van der Waals surface area contributed by atoms with E-state index in [0.717, 1.165) is 28.6 Å². The number of benzene rings is 2. The van der Waals surface area contributed by atoms with Crippen LogP contribution in [0, 0.1) is 0 Å². The van der Waals surface area contributed by atoms with Crippen molar-refractivity contribution in [3.05, 3.63) is 63.1 Å². The van der Waals surface area contributed by atoms with E-state index in [9.17, 15) is 9.59 Å². The lowest BCUT2D eigenvalue weighted by Crippen LogP contribution is -2.38. The van der Waals surface area contributed by atoms with Crippen molar-refractivity contribution in [3.63, 3.8) is 0 Å². The van der Waals surface area contributed by atoms with Crippen molar-refractivity contribution in [1.82, 2.24) is 0 Å². The van der Waals surface area contributed by atoms with E-state index in [4.69, 9.17) is 16.3 Å². The lowest BCUT2D eigenvalue weighted by molar-refractivity contribution is -0.121. The number of para-hydroxylation sites is 1. The van der Waals surface area contributed by atoms with Crippen molar-refractivity contribution < 1.29 is 14.3 Å². The summed E-state index contributed by atoms with van der Waals surface area (Å²) < 4.78 is 5.88. The smallest absolute Gasteiger partial charge is 0.340 e. The van der Waals surface area contributed by atoms with E-state index in [1.807, 2.05) is 24.3 Å². The van der Waals surface area contributed by atoms with Crippen molar-refractivity contribution >= 4 is 45.1 Å². The third-order valence-corrected chi connectivity index (χ3v) is 4.71. The molecule has 0 saturated carbocycles. The number of anilines is 1. The van der Waals surface area contributed by atoms with Gasteiger partial charge in [-0.3, -0.25) is 4.79 Å². The fourth-order valence-corrected chi connectivity index (χ4v) is 3.29. The molecule has 1 aliphatic rings. The molecule has 2 aromatic carbocycles. The predicted molar refractivity (Wildman–Crippen MR) is 96.6 cm³/mol. The molecule has 3 rings (SSSR count). The average molecular weight is 409 g/mol. The Balaban J connectivity index is 1.68. The molecular formula is C18H15BrClNO3. The minimum absolute atomic E-state index is 0.234. The number of hydrogen-bond acceptors (Lipinski definition) is 3. The van der Waals surface area contributed by atoms with Crippen LogP contribution < -0.4 is 4.90 Å². The summed E-state index contributed by atoms with van der Waals surface area (Å²) >= 11 is 9.29. The first kappa shape index (κ1) is 17.0. The second-order valence-electron chi connectivity index (χ2n) is 5.48. The molecule has 1 amide bonds. The number of hydrogen-bond donors (Lipinski definition) is 0. The molecule has 1 heterocycles. The van der Waals surface area contributed by atoms with Crippen LogP contribution in [0.15, 0.2) is 46.9 Å². The van der Waals surface area contributed by atoms with Crippen molar-refractivity contribution in [2.45, 2.75) is 12.8 Å². The number of carbonyl (C=O) groups excluding carboxylic acids is 2. The molecule has 0 bridgehead atoms. The van der Waals surface area contributed by atoms with Crippen LogP contribution in [-0.4, -0.2) is 25.0 Å². The highest BCUT2D eigenvalue weighted by molar-refractivity contribution is 9.10. The molecule has 6 heteroatoms. The van der Waals surface area contributed by atoms with Gasteiger partial charge in [-0.1, -0.05) is 45.7 Å². The Morgan fingerprint density at radius 3 is 2.83 bits per heavy atom. The number of carbonyl (C=O) groups is 2. The van der Waals surface area contributed by atoms with Crippen LogP contribution in [0.2, 0.25) is 5.02 Å². The number of fused-ring (bicyclic) bond motifs is 1. The largest absolute Gasteiger partial charge is 0.452 e. The van der Waals surface area contributed by atoms with E-state index in [1.54, 1.807) is 23.1 Å². The molecule has 0 aliphatic carbocycles. The molecule has 0 atom stereocenters. The monoisotopic (exact) mass is 407 g/mol. The number of halogens is 2.